The largest absolute Gasteiger partial charge is 0.216 e. The molecule has 0 aromatic carbocycles. The van der Waals surface area contributed by atoms with Crippen molar-refractivity contribution in [3.63, 3.8) is 0 Å². The average Bonchev–Trinajstić information content (AvgIpc) is 1.38. The summed E-state index contributed by atoms with van der Waals surface area (Å²) in [5.41, 5.74) is 0. The molecule has 0 radical (unpaired) electrons. The fourth-order valence-corrected chi connectivity index (χ4v) is 0. The molecule has 0 saturated carbocycles. The van der Waals surface area contributed by atoms with Gasteiger partial charge in [0.15, 0.2) is 0 Å². The molecule has 0 amide bonds. The van der Waals surface area contributed by atoms with E-state index in [0.29, 0.717) is 5.87 Å². The molecule has 0 aliphatic rings. The van der Waals surface area contributed by atoms with Crippen molar-refractivity contribution in [3.8, 4) is 0 Å². The van der Waals surface area contributed by atoms with Crippen LogP contribution in [0.5, 0.6) is 0 Å². The maximum atomic E-state index is 2.69. The van der Waals surface area contributed by atoms with Crippen LogP contribution in [0.15, 0.2) is 0 Å². The van der Waals surface area contributed by atoms with Crippen molar-refractivity contribution in [3.05, 3.63) is 0 Å². The predicted molar refractivity (Wildman–Crippen MR) is 43.2 cm³/mol. The molecule has 0 aliphatic carbocycles. The molecule has 0 heterocycles. The van der Waals surface area contributed by atoms with Crippen LogP contribution in [0.3, 0.4) is 0 Å². The maximum absolute atomic E-state index is 2.69. The second-order valence-corrected chi connectivity index (χ2v) is 6.23. The second-order valence-electron chi connectivity index (χ2n) is 0.692. The first-order chi connectivity index (χ1) is 2.27. The van der Waals surface area contributed by atoms with Crippen molar-refractivity contribution in [2.75, 3.05) is 0 Å². The van der Waals surface area contributed by atoms with Gasteiger partial charge in [0.25, 0.3) is 0 Å². The van der Waals surface area contributed by atoms with Crippen LogP contribution in [-0.4, -0.2) is 5.87 Å². The van der Waals surface area contributed by atoms with Gasteiger partial charge >= 0.3 is 0 Å². The summed E-state index contributed by atoms with van der Waals surface area (Å²) in [7, 11) is 9.01. The van der Waals surface area contributed by atoms with E-state index in [-0.39, 0.29) is 0 Å². The lowest BCUT2D eigenvalue weighted by Crippen LogP contribution is -1.65. The third-order valence-electron chi connectivity index (χ3n) is 0.192. The highest BCUT2D eigenvalue weighted by atomic mass is 32.0. The van der Waals surface area contributed by atoms with Crippen LogP contribution in [0, 0.1) is 0 Å². The molecule has 0 fully saturated rings. The van der Waals surface area contributed by atoms with Crippen LogP contribution in [0.4, 0.5) is 0 Å². The summed E-state index contributed by atoms with van der Waals surface area (Å²) in [5.74, 6) is 0.708. The summed E-state index contributed by atoms with van der Waals surface area (Å²) >= 11 is 0. The maximum Gasteiger partial charge on any atom is 0.216 e. The van der Waals surface area contributed by atoms with Crippen LogP contribution in [0.1, 0.15) is 0 Å². The van der Waals surface area contributed by atoms with Gasteiger partial charge in [0.1, 0.15) is 0 Å². The standard InChI is InChI=1S/BH7P4/c2-1(3)5-4/h5H,2-4H2. The van der Waals surface area contributed by atoms with Gasteiger partial charge in [-0.15, -0.1) is 17.1 Å². The van der Waals surface area contributed by atoms with E-state index in [1.807, 2.05) is 0 Å². The zero-order valence-corrected chi connectivity index (χ0v) is 7.27. The van der Waals surface area contributed by atoms with Crippen LogP contribution < -0.4 is 0 Å². The van der Waals surface area contributed by atoms with E-state index in [1.54, 1.807) is 0 Å². The van der Waals surface area contributed by atoms with Crippen LogP contribution in [0.25, 0.3) is 0 Å². The summed E-state index contributed by atoms with van der Waals surface area (Å²) in [6.45, 7) is 0. The highest BCUT2D eigenvalue weighted by molar-refractivity contribution is 8.39. The van der Waals surface area contributed by atoms with E-state index in [0.717, 1.165) is 8.15 Å². The lowest BCUT2D eigenvalue weighted by molar-refractivity contribution is 4.46. The van der Waals surface area contributed by atoms with Gasteiger partial charge in [-0.25, -0.2) is 0 Å². The SMILES string of the molecule is PPB(P)P. The molecule has 0 bridgehead atoms. The Balaban J connectivity index is 2.54. The third-order valence-corrected chi connectivity index (χ3v) is 5.20. The lowest BCUT2D eigenvalue weighted by atomic mass is 10.7. The Morgan fingerprint density at radius 3 is 1.60 bits per heavy atom. The first kappa shape index (κ1) is 6.78. The molecule has 4 unspecified atom stereocenters. The van der Waals surface area contributed by atoms with E-state index in [4.69, 9.17) is 0 Å². The summed E-state index contributed by atoms with van der Waals surface area (Å²) in [6, 6.07) is 0. The molecule has 0 nitrogen and oxygen atoms in total. The minimum atomic E-state index is 0.708. The van der Waals surface area contributed by atoms with Gasteiger partial charge in [0.05, 0.1) is 0 Å². The minimum absolute atomic E-state index is 0.708. The van der Waals surface area contributed by atoms with Gasteiger partial charge in [-0.1, -0.05) is 0 Å². The molecule has 0 aromatic rings. The zero-order valence-electron chi connectivity index (χ0n) is 2.81. The summed E-state index contributed by atoms with van der Waals surface area (Å²) in [4.78, 5) is 0. The monoisotopic (exact) mass is 142 g/mol. The number of hydrogen-bond donors (Lipinski definition) is 0. The molecule has 0 saturated heterocycles. The summed E-state index contributed by atoms with van der Waals surface area (Å²) in [5, 5.41) is 0. The average molecular weight is 142 g/mol. The molecular weight excluding hydrogens is 135 g/mol. The predicted octanol–water partition coefficient (Wildman–Crippen LogP) is 1.19. The Labute approximate surface area is 41.9 Å². The van der Waals surface area contributed by atoms with Crippen molar-refractivity contribution in [1.29, 1.82) is 0 Å². The van der Waals surface area contributed by atoms with E-state index < -0.39 is 0 Å². The molecule has 30 valence electrons. The van der Waals surface area contributed by atoms with Gasteiger partial charge in [-0.3, -0.25) is 0 Å². The normalized spacial score (nSPS) is 10.2. The van der Waals surface area contributed by atoms with Crippen LogP contribution >= 0.6 is 35.3 Å². The van der Waals surface area contributed by atoms with Crippen molar-refractivity contribution < 1.29 is 0 Å². The fourth-order valence-electron chi connectivity index (χ4n) is 0. The van der Waals surface area contributed by atoms with Gasteiger partial charge < -0.3 is 0 Å². The highest BCUT2D eigenvalue weighted by Crippen LogP contribution is 2.31. The van der Waals surface area contributed by atoms with Gasteiger partial charge in [-0.2, -0.15) is 18.2 Å². The highest BCUT2D eigenvalue weighted by Gasteiger charge is 1.87. The molecular formula is H7BP4. The summed E-state index contributed by atoms with van der Waals surface area (Å²) in [6.07, 6.45) is 0. The van der Waals surface area contributed by atoms with Gasteiger partial charge in [0.2, 0.25) is 5.87 Å². The molecule has 0 aromatic heterocycles. The van der Waals surface area contributed by atoms with Gasteiger partial charge in [-0.05, 0) is 0 Å². The molecule has 0 rings (SSSR count). The second kappa shape index (κ2) is 3.96. The fraction of sp³-hybridized carbons (Fsp3) is 0. The first-order valence-corrected chi connectivity index (χ1v) is 5.46. The minimum Gasteiger partial charge on any atom is -0.161 e. The Morgan fingerprint density at radius 2 is 1.60 bits per heavy atom. The van der Waals surface area contributed by atoms with E-state index >= 15 is 0 Å². The molecule has 5 heteroatoms. The Kier molecular flexibility index (Phi) is 5.37. The van der Waals surface area contributed by atoms with E-state index in [9.17, 15) is 0 Å². The van der Waals surface area contributed by atoms with Crippen LogP contribution in [-0.2, 0) is 0 Å². The van der Waals surface area contributed by atoms with Crippen molar-refractivity contribution in [1.82, 2.24) is 0 Å². The molecule has 0 N–H and O–H groups in total. The van der Waals surface area contributed by atoms with Crippen molar-refractivity contribution >= 4 is 41.2 Å². The molecule has 5 heavy (non-hydrogen) atoms. The number of hydrogen-bond acceptors (Lipinski definition) is 0. The molecule has 4 atom stereocenters. The van der Waals surface area contributed by atoms with Crippen molar-refractivity contribution in [2.45, 2.75) is 0 Å². The zero-order chi connectivity index (χ0) is 4.28. The van der Waals surface area contributed by atoms with Crippen molar-refractivity contribution in [2.24, 2.45) is 0 Å². The third kappa shape index (κ3) is 5.78. The topological polar surface area (TPSA) is 0 Å². The van der Waals surface area contributed by atoms with Gasteiger partial charge in [0, 0.05) is 0 Å². The molecule has 0 spiro atoms. The Hall–Kier alpha value is 1.78. The Morgan fingerprint density at radius 1 is 1.40 bits per heavy atom. The smallest absolute Gasteiger partial charge is 0.161 e. The Bertz CT molecular complexity index is 17.6. The lowest BCUT2D eigenvalue weighted by Gasteiger charge is -1.85. The van der Waals surface area contributed by atoms with E-state index in [2.05, 4.69) is 27.2 Å². The summed E-state index contributed by atoms with van der Waals surface area (Å²) < 4.78 is 0. The first-order valence-electron chi connectivity index (χ1n) is 1.24. The molecule has 0 aliphatic heterocycles. The number of rotatable bonds is 1. The van der Waals surface area contributed by atoms with E-state index in [1.165, 1.54) is 0 Å². The van der Waals surface area contributed by atoms with Crippen LogP contribution in [0.2, 0.25) is 0 Å². The quantitative estimate of drug-likeness (QED) is 0.380.